The van der Waals surface area contributed by atoms with Gasteiger partial charge in [0.15, 0.2) is 9.90 Å². The van der Waals surface area contributed by atoms with Gasteiger partial charge in [0.25, 0.3) is 10.0 Å². The second-order valence-electron chi connectivity index (χ2n) is 3.55. The highest BCUT2D eigenvalue weighted by Crippen LogP contribution is 2.20. The van der Waals surface area contributed by atoms with Gasteiger partial charge in [0.2, 0.25) is 0 Å². The summed E-state index contributed by atoms with van der Waals surface area (Å²) in [5.74, 6) is -0.772. The van der Waals surface area contributed by atoms with Crippen LogP contribution in [0.2, 0.25) is 0 Å². The van der Waals surface area contributed by atoms with Crippen molar-refractivity contribution < 1.29 is 17.9 Å². The first-order valence-electron chi connectivity index (χ1n) is 5.44. The van der Waals surface area contributed by atoms with Gasteiger partial charge in [0, 0.05) is 24.5 Å². The average molecular weight is 333 g/mol. The largest absolute Gasteiger partial charge is 0.464 e. The molecule has 0 aliphatic rings. The zero-order valence-electron chi connectivity index (χ0n) is 10.4. The molecule has 108 valence electrons. The highest BCUT2D eigenvalue weighted by Gasteiger charge is 2.26. The molecule has 0 aliphatic heterocycles. The van der Waals surface area contributed by atoms with Crippen molar-refractivity contribution >= 4 is 38.7 Å². The fourth-order valence-corrected chi connectivity index (χ4v) is 4.22. The van der Waals surface area contributed by atoms with E-state index in [9.17, 15) is 13.2 Å². The Labute approximate surface area is 123 Å². The second kappa shape index (κ2) is 6.39. The topological polar surface area (TPSA) is 98.2 Å². The average Bonchev–Trinajstić information content (AvgIpc) is 3.08. The number of ether oxygens (including phenoxy) is 1. The molecule has 0 aromatic carbocycles. The summed E-state index contributed by atoms with van der Waals surface area (Å²) >= 11 is 2.33. The summed E-state index contributed by atoms with van der Waals surface area (Å²) in [6.07, 6.45) is 2.15. The van der Waals surface area contributed by atoms with E-state index in [0.29, 0.717) is 6.42 Å². The maximum Gasteiger partial charge on any atom is 0.358 e. The van der Waals surface area contributed by atoms with Gasteiger partial charge in [-0.25, -0.2) is 27.9 Å². The van der Waals surface area contributed by atoms with Crippen molar-refractivity contribution in [2.24, 2.45) is 0 Å². The molecule has 0 aliphatic carbocycles. The third-order valence-corrected chi connectivity index (χ3v) is 5.94. The number of aromatic nitrogens is 2. The molecule has 2 aromatic rings. The third-order valence-electron chi connectivity index (χ3n) is 2.27. The van der Waals surface area contributed by atoms with E-state index in [1.54, 1.807) is 6.20 Å². The Morgan fingerprint density at radius 1 is 1.40 bits per heavy atom. The Bertz CT molecular complexity index is 678. The SMILES string of the molecule is COC(=O)c1ncsc1S(=O)(=O)NCCc1nccs1. The Morgan fingerprint density at radius 2 is 2.20 bits per heavy atom. The molecule has 0 amide bonds. The Kier molecular flexibility index (Phi) is 4.81. The predicted octanol–water partition coefficient (Wildman–Crippen LogP) is 0.907. The summed E-state index contributed by atoms with van der Waals surface area (Å²) in [6.45, 7) is 0.203. The minimum absolute atomic E-state index is 0.136. The molecule has 0 unspecified atom stereocenters. The number of carbonyl (C=O) groups is 1. The minimum atomic E-state index is -3.77. The maximum absolute atomic E-state index is 12.1. The van der Waals surface area contributed by atoms with Gasteiger partial charge < -0.3 is 4.74 Å². The quantitative estimate of drug-likeness (QED) is 0.789. The number of hydrogen-bond donors (Lipinski definition) is 1. The molecule has 0 atom stereocenters. The van der Waals surface area contributed by atoms with Crippen molar-refractivity contribution in [3.8, 4) is 0 Å². The van der Waals surface area contributed by atoms with E-state index < -0.39 is 16.0 Å². The first-order valence-corrected chi connectivity index (χ1v) is 8.68. The molecular weight excluding hydrogens is 322 g/mol. The van der Waals surface area contributed by atoms with Crippen LogP contribution in [0.15, 0.2) is 21.3 Å². The monoisotopic (exact) mass is 333 g/mol. The number of hydrogen-bond acceptors (Lipinski definition) is 8. The number of sulfonamides is 1. The molecule has 1 N–H and O–H groups in total. The summed E-state index contributed by atoms with van der Waals surface area (Å²) in [6, 6.07) is 0. The number of nitrogens with zero attached hydrogens (tertiary/aromatic N) is 2. The fourth-order valence-electron chi connectivity index (χ4n) is 1.39. The zero-order valence-corrected chi connectivity index (χ0v) is 12.8. The maximum atomic E-state index is 12.1. The van der Waals surface area contributed by atoms with Crippen LogP contribution in [-0.2, 0) is 21.2 Å². The van der Waals surface area contributed by atoms with Gasteiger partial charge >= 0.3 is 5.97 Å². The van der Waals surface area contributed by atoms with Crippen molar-refractivity contribution in [2.45, 2.75) is 10.6 Å². The van der Waals surface area contributed by atoms with Crippen LogP contribution in [0.25, 0.3) is 0 Å². The molecule has 2 aromatic heterocycles. The van der Waals surface area contributed by atoms with E-state index in [-0.39, 0.29) is 16.4 Å². The smallest absolute Gasteiger partial charge is 0.358 e. The lowest BCUT2D eigenvalue weighted by Gasteiger charge is -2.04. The molecular formula is C10H11N3O4S3. The van der Waals surface area contributed by atoms with Gasteiger partial charge in [0.05, 0.1) is 17.6 Å². The van der Waals surface area contributed by atoms with Gasteiger partial charge in [0.1, 0.15) is 0 Å². The first-order chi connectivity index (χ1) is 9.54. The highest BCUT2D eigenvalue weighted by atomic mass is 32.2. The number of nitrogens with one attached hydrogen (secondary N) is 1. The van der Waals surface area contributed by atoms with E-state index in [1.807, 2.05) is 5.38 Å². The Morgan fingerprint density at radius 3 is 2.85 bits per heavy atom. The molecule has 20 heavy (non-hydrogen) atoms. The predicted molar refractivity (Wildman–Crippen MR) is 74.5 cm³/mol. The standard InChI is InChI=1S/C10H11N3O4S3/c1-17-9(14)8-10(19-6-12-8)20(15,16)13-3-2-7-11-4-5-18-7/h4-6,13H,2-3H2,1H3. The second-order valence-corrected chi connectivity index (χ2v) is 7.35. The summed E-state index contributed by atoms with van der Waals surface area (Å²) < 4.78 is 31.0. The van der Waals surface area contributed by atoms with E-state index in [0.717, 1.165) is 16.3 Å². The van der Waals surface area contributed by atoms with E-state index in [2.05, 4.69) is 19.4 Å². The van der Waals surface area contributed by atoms with Gasteiger partial charge in [-0.3, -0.25) is 0 Å². The van der Waals surface area contributed by atoms with Gasteiger partial charge in [-0.05, 0) is 0 Å². The molecule has 0 saturated heterocycles. The van der Waals surface area contributed by atoms with Crippen LogP contribution >= 0.6 is 22.7 Å². The summed E-state index contributed by atoms with van der Waals surface area (Å²) in [7, 11) is -2.60. The molecule has 0 radical (unpaired) electrons. The molecule has 0 fully saturated rings. The Balaban J connectivity index is 2.07. The first kappa shape index (κ1) is 15.0. The van der Waals surface area contributed by atoms with E-state index in [1.165, 1.54) is 24.0 Å². The molecule has 7 nitrogen and oxygen atoms in total. The summed E-state index contributed by atoms with van der Waals surface area (Å²) in [4.78, 5) is 19.2. The number of thiazole rings is 2. The number of rotatable bonds is 6. The molecule has 2 rings (SSSR count). The lowest BCUT2D eigenvalue weighted by molar-refractivity contribution is 0.0590. The lowest BCUT2D eigenvalue weighted by Crippen LogP contribution is -2.26. The molecule has 0 saturated carbocycles. The van der Waals surface area contributed by atoms with E-state index in [4.69, 9.17) is 0 Å². The van der Waals surface area contributed by atoms with Crippen molar-refractivity contribution in [1.82, 2.24) is 14.7 Å². The number of methoxy groups -OCH3 is 1. The molecule has 0 bridgehead atoms. The fraction of sp³-hybridized carbons (Fsp3) is 0.300. The van der Waals surface area contributed by atoms with Crippen LogP contribution in [0.5, 0.6) is 0 Å². The van der Waals surface area contributed by atoms with Crippen LogP contribution in [0, 0.1) is 0 Å². The molecule has 0 spiro atoms. The van der Waals surface area contributed by atoms with Crippen LogP contribution in [0.1, 0.15) is 15.5 Å². The molecule has 2 heterocycles. The van der Waals surface area contributed by atoms with Crippen molar-refractivity contribution in [3.63, 3.8) is 0 Å². The van der Waals surface area contributed by atoms with Crippen molar-refractivity contribution in [1.29, 1.82) is 0 Å². The van der Waals surface area contributed by atoms with Crippen LogP contribution in [0.3, 0.4) is 0 Å². The number of carbonyl (C=O) groups excluding carboxylic acids is 1. The zero-order chi connectivity index (χ0) is 14.6. The number of esters is 1. The highest BCUT2D eigenvalue weighted by molar-refractivity contribution is 7.91. The Hall–Kier alpha value is -1.36. The van der Waals surface area contributed by atoms with Crippen molar-refractivity contribution in [3.05, 3.63) is 27.8 Å². The van der Waals surface area contributed by atoms with Gasteiger partial charge in [-0.15, -0.1) is 22.7 Å². The van der Waals surface area contributed by atoms with Gasteiger partial charge in [-0.1, -0.05) is 0 Å². The van der Waals surface area contributed by atoms with Crippen LogP contribution < -0.4 is 4.72 Å². The van der Waals surface area contributed by atoms with Crippen molar-refractivity contribution in [2.75, 3.05) is 13.7 Å². The van der Waals surface area contributed by atoms with Gasteiger partial charge in [-0.2, -0.15) is 0 Å². The third kappa shape index (κ3) is 3.39. The normalized spacial score (nSPS) is 11.4. The molecule has 10 heteroatoms. The van der Waals surface area contributed by atoms with Crippen LogP contribution in [-0.4, -0.2) is 38.0 Å². The van der Waals surface area contributed by atoms with Crippen LogP contribution in [0.4, 0.5) is 0 Å². The summed E-state index contributed by atoms with van der Waals surface area (Å²) in [5.41, 5.74) is 1.10. The summed E-state index contributed by atoms with van der Waals surface area (Å²) in [5, 5.41) is 2.66. The van der Waals surface area contributed by atoms with E-state index >= 15 is 0 Å². The lowest BCUT2D eigenvalue weighted by atomic mass is 10.5. The minimum Gasteiger partial charge on any atom is -0.464 e.